The zero-order valence-electron chi connectivity index (χ0n) is 13.0. The van der Waals surface area contributed by atoms with E-state index in [0.29, 0.717) is 3.57 Å². The Balaban J connectivity index is 2.45. The maximum atomic E-state index is 14.1. The van der Waals surface area contributed by atoms with Gasteiger partial charge in [-0.15, -0.1) is 0 Å². The molecule has 10 heteroatoms. The Kier molecular flexibility index (Phi) is 6.76. The van der Waals surface area contributed by atoms with Crippen LogP contribution in [0.25, 0.3) is 0 Å². The van der Waals surface area contributed by atoms with Crippen LogP contribution in [-0.2, 0) is 11.9 Å². The number of nitrogens with zero attached hydrogens (tertiary/aromatic N) is 1. The maximum absolute atomic E-state index is 14.1. The number of hydroxylamine groups is 1. The van der Waals surface area contributed by atoms with Crippen molar-refractivity contribution in [3.05, 3.63) is 54.6 Å². The Morgan fingerprint density at radius 3 is 2.80 bits per heavy atom. The highest BCUT2D eigenvalue weighted by molar-refractivity contribution is 14.1. The normalized spacial score (nSPS) is 10.6. The Labute approximate surface area is 160 Å². The first-order chi connectivity index (χ1) is 11.8. The Morgan fingerprint density at radius 1 is 1.44 bits per heavy atom. The van der Waals surface area contributed by atoms with Crippen molar-refractivity contribution in [2.75, 3.05) is 18.5 Å². The average Bonchev–Trinajstić information content (AvgIpc) is 2.57. The number of aromatic nitrogens is 1. The van der Waals surface area contributed by atoms with Crippen LogP contribution in [-0.4, -0.2) is 28.8 Å². The number of nitrogens with one attached hydrogen (secondary N) is 2. The van der Waals surface area contributed by atoms with Crippen LogP contribution in [0.2, 0.25) is 5.02 Å². The van der Waals surface area contributed by atoms with Gasteiger partial charge in [-0.3, -0.25) is 19.0 Å². The van der Waals surface area contributed by atoms with Crippen LogP contribution in [0.1, 0.15) is 10.4 Å². The van der Waals surface area contributed by atoms with E-state index in [2.05, 4.69) is 10.8 Å². The van der Waals surface area contributed by atoms with Gasteiger partial charge in [-0.2, -0.15) is 0 Å². The van der Waals surface area contributed by atoms with Crippen molar-refractivity contribution in [1.29, 1.82) is 0 Å². The number of aliphatic hydroxyl groups is 1. The largest absolute Gasteiger partial charge is 0.394 e. The molecule has 134 valence electrons. The van der Waals surface area contributed by atoms with E-state index < -0.39 is 17.3 Å². The summed E-state index contributed by atoms with van der Waals surface area (Å²) in [6, 6.07) is 5.62. The summed E-state index contributed by atoms with van der Waals surface area (Å²) < 4.78 is 15.9. The zero-order chi connectivity index (χ0) is 18.6. The third kappa shape index (κ3) is 4.69. The summed E-state index contributed by atoms with van der Waals surface area (Å²) in [5.74, 6) is -1.21. The lowest BCUT2D eigenvalue weighted by Crippen LogP contribution is -2.29. The number of carbonyl (C=O) groups is 1. The average molecular weight is 482 g/mol. The number of amides is 1. The van der Waals surface area contributed by atoms with Gasteiger partial charge in [0, 0.05) is 10.6 Å². The number of aliphatic hydroxyl groups excluding tert-OH is 1. The van der Waals surface area contributed by atoms with Crippen molar-refractivity contribution in [1.82, 2.24) is 10.0 Å². The first-order valence-electron chi connectivity index (χ1n) is 6.99. The summed E-state index contributed by atoms with van der Waals surface area (Å²) in [5, 5.41) is 11.2. The smallest absolute Gasteiger partial charge is 0.278 e. The SMILES string of the molecule is Cn1c(Nc2ccc(I)cc2F)c(C(=O)NOCCO)cc(Cl)c1=O. The minimum absolute atomic E-state index is 0.0250. The van der Waals surface area contributed by atoms with Crippen molar-refractivity contribution in [3.63, 3.8) is 0 Å². The van der Waals surface area contributed by atoms with Crippen molar-refractivity contribution >= 4 is 51.6 Å². The van der Waals surface area contributed by atoms with Gasteiger partial charge >= 0.3 is 0 Å². The fraction of sp³-hybridized carbons (Fsp3) is 0.200. The zero-order valence-corrected chi connectivity index (χ0v) is 15.9. The number of carbonyl (C=O) groups excluding carboxylic acids is 1. The molecule has 0 fully saturated rings. The highest BCUT2D eigenvalue weighted by Crippen LogP contribution is 2.24. The first kappa shape index (κ1) is 19.6. The van der Waals surface area contributed by atoms with E-state index in [0.717, 1.165) is 10.6 Å². The third-order valence-corrected chi connectivity index (χ3v) is 4.10. The number of hydrogen-bond acceptors (Lipinski definition) is 5. The maximum Gasteiger partial charge on any atom is 0.278 e. The fourth-order valence-electron chi connectivity index (χ4n) is 1.96. The molecule has 0 unspecified atom stereocenters. The lowest BCUT2D eigenvalue weighted by molar-refractivity contribution is 0.0168. The van der Waals surface area contributed by atoms with Crippen molar-refractivity contribution in [3.8, 4) is 0 Å². The second-order valence-electron chi connectivity index (χ2n) is 4.87. The molecule has 0 saturated heterocycles. The van der Waals surface area contributed by atoms with E-state index in [-0.39, 0.29) is 35.3 Å². The Morgan fingerprint density at radius 2 is 2.16 bits per heavy atom. The van der Waals surface area contributed by atoms with Crippen LogP contribution in [0.15, 0.2) is 29.1 Å². The molecular formula is C15H14ClFIN3O4. The highest BCUT2D eigenvalue weighted by Gasteiger charge is 2.19. The number of halogens is 3. The molecule has 0 saturated carbocycles. The van der Waals surface area contributed by atoms with E-state index in [9.17, 15) is 14.0 Å². The predicted octanol–water partition coefficient (Wildman–Crippen LogP) is 2.18. The topological polar surface area (TPSA) is 92.6 Å². The van der Waals surface area contributed by atoms with Crippen LogP contribution in [0, 0.1) is 9.39 Å². The minimum Gasteiger partial charge on any atom is -0.394 e. The quantitative estimate of drug-likeness (QED) is 0.334. The van der Waals surface area contributed by atoms with Gasteiger partial charge in [-0.25, -0.2) is 9.87 Å². The summed E-state index contributed by atoms with van der Waals surface area (Å²) in [4.78, 5) is 29.1. The van der Waals surface area contributed by atoms with Gasteiger partial charge in [-0.05, 0) is 46.9 Å². The monoisotopic (exact) mass is 481 g/mol. The predicted molar refractivity (Wildman–Crippen MR) is 99.6 cm³/mol. The molecule has 1 heterocycles. The molecule has 3 N–H and O–H groups in total. The van der Waals surface area contributed by atoms with Gasteiger partial charge in [0.25, 0.3) is 11.5 Å². The molecule has 0 spiro atoms. The van der Waals surface area contributed by atoms with Gasteiger partial charge in [-0.1, -0.05) is 11.6 Å². The van der Waals surface area contributed by atoms with Crippen LogP contribution >= 0.6 is 34.2 Å². The van der Waals surface area contributed by atoms with Crippen LogP contribution in [0.5, 0.6) is 0 Å². The second-order valence-corrected chi connectivity index (χ2v) is 6.52. The van der Waals surface area contributed by atoms with E-state index in [1.807, 2.05) is 22.6 Å². The number of anilines is 2. The van der Waals surface area contributed by atoms with Crippen molar-refractivity contribution in [2.45, 2.75) is 0 Å². The molecule has 0 radical (unpaired) electrons. The fourth-order valence-corrected chi connectivity index (χ4v) is 2.65. The van der Waals surface area contributed by atoms with Gasteiger partial charge < -0.3 is 10.4 Å². The van der Waals surface area contributed by atoms with Crippen LogP contribution < -0.4 is 16.4 Å². The molecule has 2 aromatic rings. The second kappa shape index (κ2) is 8.61. The standard InChI is InChI=1S/C15H14ClFIN3O4/c1-21-13(19-12-3-2-8(18)6-11(12)17)9(7-10(16)15(21)24)14(23)20-25-5-4-22/h2-3,6-7,19,22H,4-5H2,1H3,(H,20,23). The molecule has 7 nitrogen and oxygen atoms in total. The number of benzene rings is 1. The summed E-state index contributed by atoms with van der Waals surface area (Å²) >= 11 is 7.82. The summed E-state index contributed by atoms with van der Waals surface area (Å²) in [7, 11) is 1.40. The van der Waals surface area contributed by atoms with Gasteiger partial charge in [0.05, 0.1) is 24.5 Å². The molecule has 25 heavy (non-hydrogen) atoms. The summed E-state index contributed by atoms with van der Waals surface area (Å²) in [6.45, 7) is -0.396. The van der Waals surface area contributed by atoms with E-state index >= 15 is 0 Å². The molecule has 1 aromatic heterocycles. The molecule has 0 aliphatic heterocycles. The number of pyridine rings is 1. The van der Waals surface area contributed by atoms with E-state index in [4.69, 9.17) is 21.5 Å². The lowest BCUT2D eigenvalue weighted by atomic mass is 10.2. The van der Waals surface area contributed by atoms with Crippen LogP contribution in [0.3, 0.4) is 0 Å². The van der Waals surface area contributed by atoms with Gasteiger partial charge in [0.2, 0.25) is 0 Å². The van der Waals surface area contributed by atoms with Crippen LogP contribution in [0.4, 0.5) is 15.9 Å². The molecule has 0 aliphatic rings. The molecule has 0 atom stereocenters. The minimum atomic E-state index is -0.709. The Bertz CT molecular complexity index is 859. The van der Waals surface area contributed by atoms with Crippen molar-refractivity contribution < 1.29 is 19.1 Å². The molecule has 0 bridgehead atoms. The lowest BCUT2D eigenvalue weighted by Gasteiger charge is -2.16. The molecule has 2 rings (SSSR count). The van der Waals surface area contributed by atoms with Gasteiger partial charge in [0.1, 0.15) is 16.7 Å². The first-order valence-corrected chi connectivity index (χ1v) is 8.45. The third-order valence-electron chi connectivity index (χ3n) is 3.16. The number of rotatable bonds is 6. The summed E-state index contributed by atoms with van der Waals surface area (Å²) in [6.07, 6.45) is 0. The van der Waals surface area contributed by atoms with E-state index in [1.54, 1.807) is 6.07 Å². The molecule has 1 aromatic carbocycles. The van der Waals surface area contributed by atoms with Crippen molar-refractivity contribution in [2.24, 2.45) is 7.05 Å². The molecule has 1 amide bonds. The summed E-state index contributed by atoms with van der Waals surface area (Å²) in [5.41, 5.74) is 1.62. The molecule has 0 aliphatic carbocycles. The van der Waals surface area contributed by atoms with E-state index in [1.165, 1.54) is 19.2 Å². The highest BCUT2D eigenvalue weighted by atomic mass is 127. The molecular weight excluding hydrogens is 468 g/mol. The number of hydrogen-bond donors (Lipinski definition) is 3. The van der Waals surface area contributed by atoms with Gasteiger partial charge in [0.15, 0.2) is 0 Å². The Hall–Kier alpha value is -1.69.